The van der Waals surface area contributed by atoms with Crippen LogP contribution in [0.5, 0.6) is 5.75 Å². The second kappa shape index (κ2) is 6.50. The molecule has 27 heavy (non-hydrogen) atoms. The summed E-state index contributed by atoms with van der Waals surface area (Å²) in [5, 5.41) is 6.91. The van der Waals surface area contributed by atoms with E-state index in [-0.39, 0.29) is 18.1 Å². The van der Waals surface area contributed by atoms with Gasteiger partial charge in [0.25, 0.3) is 0 Å². The normalized spacial score (nSPS) is 20.5. The van der Waals surface area contributed by atoms with Gasteiger partial charge in [-0.15, -0.1) is 0 Å². The van der Waals surface area contributed by atoms with E-state index in [1.807, 2.05) is 35.3 Å². The summed E-state index contributed by atoms with van der Waals surface area (Å²) in [7, 11) is 0. The molecule has 0 saturated heterocycles. The summed E-state index contributed by atoms with van der Waals surface area (Å²) >= 11 is 3.56. The van der Waals surface area contributed by atoms with Crippen LogP contribution in [0.1, 0.15) is 35.4 Å². The smallest absolute Gasteiger partial charge is 0.213 e. The quantitative estimate of drug-likeness (QED) is 0.518. The Labute approximate surface area is 165 Å². The van der Waals surface area contributed by atoms with E-state index < -0.39 is 0 Å². The van der Waals surface area contributed by atoms with Crippen molar-refractivity contribution in [2.75, 3.05) is 0 Å². The Bertz CT molecular complexity index is 1020. The summed E-state index contributed by atoms with van der Waals surface area (Å²) in [5.41, 5.74) is 4.14. The number of nitrogens with zero attached hydrogens (tertiary/aromatic N) is 2. The van der Waals surface area contributed by atoms with Gasteiger partial charge < -0.3 is 4.74 Å². The van der Waals surface area contributed by atoms with Crippen molar-refractivity contribution in [3.63, 3.8) is 0 Å². The summed E-state index contributed by atoms with van der Waals surface area (Å²) < 4.78 is 20.7. The number of ether oxygens (including phenoxy) is 1. The highest BCUT2D eigenvalue weighted by atomic mass is 79.9. The van der Waals surface area contributed by atoms with Crippen molar-refractivity contribution in [2.45, 2.75) is 18.7 Å². The second-order valence-electron chi connectivity index (χ2n) is 6.72. The van der Waals surface area contributed by atoms with Crippen LogP contribution in [0.2, 0.25) is 0 Å². The zero-order chi connectivity index (χ0) is 18.4. The van der Waals surface area contributed by atoms with Crippen LogP contribution in [0.4, 0.5) is 4.39 Å². The van der Waals surface area contributed by atoms with Crippen LogP contribution in [0.25, 0.3) is 0 Å². The minimum Gasteiger partial charge on any atom is -0.464 e. The van der Waals surface area contributed by atoms with Gasteiger partial charge in [-0.3, -0.25) is 0 Å². The molecule has 0 spiro atoms. The van der Waals surface area contributed by atoms with Crippen molar-refractivity contribution >= 4 is 21.6 Å². The van der Waals surface area contributed by atoms with Crippen LogP contribution in [0.15, 0.2) is 82.4 Å². The number of benzene rings is 3. The molecule has 0 radical (unpaired) electrons. The maximum atomic E-state index is 13.4. The van der Waals surface area contributed by atoms with Gasteiger partial charge in [0.2, 0.25) is 6.23 Å². The third-order valence-electron chi connectivity index (χ3n) is 5.01. The van der Waals surface area contributed by atoms with Crippen molar-refractivity contribution in [1.82, 2.24) is 5.01 Å². The number of rotatable bonds is 2. The minimum absolute atomic E-state index is 0.0801. The molecule has 3 nitrogen and oxygen atoms in total. The molecule has 2 aliphatic heterocycles. The van der Waals surface area contributed by atoms with Crippen molar-refractivity contribution in [3.05, 3.63) is 99.8 Å². The van der Waals surface area contributed by atoms with Crippen molar-refractivity contribution < 1.29 is 9.13 Å². The lowest BCUT2D eigenvalue weighted by molar-refractivity contribution is -0.0191. The van der Waals surface area contributed by atoms with E-state index in [0.29, 0.717) is 0 Å². The van der Waals surface area contributed by atoms with E-state index in [1.54, 1.807) is 12.1 Å². The zero-order valence-corrected chi connectivity index (χ0v) is 15.9. The molecule has 0 N–H and O–H groups in total. The number of hydrogen-bond donors (Lipinski definition) is 0. The molecule has 2 heterocycles. The highest BCUT2D eigenvalue weighted by Gasteiger charge is 2.41. The van der Waals surface area contributed by atoms with Gasteiger partial charge in [0.1, 0.15) is 11.6 Å². The second-order valence-corrected chi connectivity index (χ2v) is 7.63. The molecule has 0 saturated carbocycles. The Kier molecular flexibility index (Phi) is 3.97. The third-order valence-corrected chi connectivity index (χ3v) is 5.51. The lowest BCUT2D eigenvalue weighted by atomic mass is 9.96. The first kappa shape index (κ1) is 16.5. The predicted octanol–water partition coefficient (Wildman–Crippen LogP) is 5.83. The average Bonchev–Trinajstić information content (AvgIpc) is 3.15. The Morgan fingerprint density at radius 3 is 2.56 bits per heavy atom. The first-order valence-corrected chi connectivity index (χ1v) is 9.61. The summed E-state index contributed by atoms with van der Waals surface area (Å²) in [5.74, 6) is 0.587. The lowest BCUT2D eigenvalue weighted by Gasteiger charge is -2.38. The van der Waals surface area contributed by atoms with Crippen LogP contribution in [0, 0.1) is 5.82 Å². The molecule has 0 amide bonds. The van der Waals surface area contributed by atoms with Crippen molar-refractivity contribution in [3.8, 4) is 5.75 Å². The molecular formula is C22H16BrFN2O. The van der Waals surface area contributed by atoms with Gasteiger partial charge in [0, 0.05) is 22.0 Å². The highest BCUT2D eigenvalue weighted by Crippen LogP contribution is 2.48. The molecule has 0 aromatic heterocycles. The number of fused-ring (bicyclic) bond motifs is 3. The average molecular weight is 423 g/mol. The number of hydrazone groups is 1. The van der Waals surface area contributed by atoms with Gasteiger partial charge in [0.15, 0.2) is 0 Å². The summed E-state index contributed by atoms with van der Waals surface area (Å²) in [6, 6.07) is 22.8. The van der Waals surface area contributed by atoms with Crippen LogP contribution in [0.3, 0.4) is 0 Å². The van der Waals surface area contributed by atoms with Gasteiger partial charge in [0.05, 0.1) is 11.8 Å². The topological polar surface area (TPSA) is 24.8 Å². The molecule has 2 aliphatic rings. The Balaban J connectivity index is 1.61. The van der Waals surface area contributed by atoms with Crippen LogP contribution < -0.4 is 4.74 Å². The number of hydrogen-bond acceptors (Lipinski definition) is 3. The maximum Gasteiger partial charge on any atom is 0.213 e. The fraction of sp³-hybridized carbons (Fsp3) is 0.136. The molecule has 5 rings (SSSR count). The molecule has 0 bridgehead atoms. The molecule has 5 heteroatoms. The van der Waals surface area contributed by atoms with Crippen molar-refractivity contribution in [1.29, 1.82) is 0 Å². The molecule has 0 aliphatic carbocycles. The van der Waals surface area contributed by atoms with Crippen LogP contribution in [-0.2, 0) is 0 Å². The standard InChI is InChI=1S/C22H16BrFN2O/c23-16-8-11-21-18(12-16)20-13-19(14-4-2-1-3-5-14)25-26(20)22(27-21)15-6-9-17(24)10-7-15/h1-12,20,22H,13H2/t20-,22+/m1/s1. The first-order valence-electron chi connectivity index (χ1n) is 8.82. The van der Waals surface area contributed by atoms with Crippen LogP contribution in [-0.4, -0.2) is 10.7 Å². The van der Waals surface area contributed by atoms with E-state index in [0.717, 1.165) is 39.0 Å². The fourth-order valence-electron chi connectivity index (χ4n) is 3.71. The van der Waals surface area contributed by atoms with E-state index >= 15 is 0 Å². The predicted molar refractivity (Wildman–Crippen MR) is 106 cm³/mol. The van der Waals surface area contributed by atoms with E-state index in [2.05, 4.69) is 34.1 Å². The monoisotopic (exact) mass is 422 g/mol. The molecular weight excluding hydrogens is 407 g/mol. The third kappa shape index (κ3) is 2.92. The Hall–Kier alpha value is -2.66. The summed E-state index contributed by atoms with van der Waals surface area (Å²) in [6.07, 6.45) is 0.416. The lowest BCUT2D eigenvalue weighted by Crippen LogP contribution is -2.33. The van der Waals surface area contributed by atoms with Gasteiger partial charge in [-0.05, 0) is 35.9 Å². The van der Waals surface area contributed by atoms with Gasteiger partial charge in [-0.2, -0.15) is 5.10 Å². The molecule has 0 unspecified atom stereocenters. The molecule has 3 aromatic rings. The number of halogens is 2. The summed E-state index contributed by atoms with van der Waals surface area (Å²) in [4.78, 5) is 0. The molecule has 134 valence electrons. The van der Waals surface area contributed by atoms with Crippen LogP contribution >= 0.6 is 15.9 Å². The largest absolute Gasteiger partial charge is 0.464 e. The molecule has 3 aromatic carbocycles. The van der Waals surface area contributed by atoms with E-state index in [1.165, 1.54) is 12.1 Å². The Morgan fingerprint density at radius 2 is 1.78 bits per heavy atom. The molecule has 2 atom stereocenters. The van der Waals surface area contributed by atoms with Gasteiger partial charge >= 0.3 is 0 Å². The van der Waals surface area contributed by atoms with Crippen molar-refractivity contribution in [2.24, 2.45) is 5.10 Å². The zero-order valence-electron chi connectivity index (χ0n) is 14.3. The van der Waals surface area contributed by atoms with Gasteiger partial charge in [-0.1, -0.05) is 58.4 Å². The minimum atomic E-state index is -0.384. The van der Waals surface area contributed by atoms with E-state index in [4.69, 9.17) is 9.84 Å². The van der Waals surface area contributed by atoms with Gasteiger partial charge in [-0.25, -0.2) is 9.40 Å². The Morgan fingerprint density at radius 1 is 1.00 bits per heavy atom. The van der Waals surface area contributed by atoms with E-state index in [9.17, 15) is 4.39 Å². The highest BCUT2D eigenvalue weighted by molar-refractivity contribution is 9.10. The SMILES string of the molecule is Fc1ccc([C@@H]2Oc3ccc(Br)cc3[C@H]3CC(c4ccccc4)=NN32)cc1. The maximum absolute atomic E-state index is 13.4. The molecule has 0 fully saturated rings. The fourth-order valence-corrected chi connectivity index (χ4v) is 4.09. The first-order chi connectivity index (χ1) is 13.2. The summed E-state index contributed by atoms with van der Waals surface area (Å²) in [6.45, 7) is 0.